The van der Waals surface area contributed by atoms with E-state index in [-0.39, 0.29) is 17.3 Å². The van der Waals surface area contributed by atoms with Crippen LogP contribution in [0.3, 0.4) is 0 Å². The maximum atomic E-state index is 12.6. The molecule has 0 saturated carbocycles. The molecule has 2 aromatic rings. The van der Waals surface area contributed by atoms with E-state index in [0.29, 0.717) is 12.2 Å². The van der Waals surface area contributed by atoms with Crippen LogP contribution in [0.5, 0.6) is 0 Å². The van der Waals surface area contributed by atoms with Gasteiger partial charge in [0.25, 0.3) is 0 Å². The summed E-state index contributed by atoms with van der Waals surface area (Å²) in [5, 5.41) is 0. The third kappa shape index (κ3) is 2.98. The van der Waals surface area contributed by atoms with Crippen LogP contribution in [0.4, 0.5) is 19.1 Å². The number of nitrogen functional groups attached to an aromatic ring is 1. The van der Waals surface area contributed by atoms with Crippen molar-refractivity contribution in [3.63, 3.8) is 0 Å². The first kappa shape index (κ1) is 13.3. The molecule has 4 nitrogen and oxygen atoms in total. The number of benzene rings is 1. The highest BCUT2D eigenvalue weighted by Gasteiger charge is 2.30. The summed E-state index contributed by atoms with van der Waals surface area (Å²) < 4.78 is 37.9. The highest BCUT2D eigenvalue weighted by molar-refractivity contribution is 5.57. The van der Waals surface area contributed by atoms with Crippen molar-refractivity contribution in [1.82, 2.24) is 15.0 Å². The van der Waals surface area contributed by atoms with Gasteiger partial charge in [0.15, 0.2) is 5.82 Å². The molecule has 2 rings (SSSR count). The van der Waals surface area contributed by atoms with E-state index in [0.717, 1.165) is 12.1 Å². The zero-order chi connectivity index (χ0) is 14.0. The Morgan fingerprint density at radius 1 is 1.16 bits per heavy atom. The van der Waals surface area contributed by atoms with E-state index in [1.54, 1.807) is 0 Å². The molecule has 1 aromatic carbocycles. The van der Waals surface area contributed by atoms with Gasteiger partial charge in [0, 0.05) is 12.0 Å². The van der Waals surface area contributed by atoms with Gasteiger partial charge in [-0.25, -0.2) is 4.98 Å². The summed E-state index contributed by atoms with van der Waals surface area (Å²) in [5.74, 6) is 0.592. The van der Waals surface area contributed by atoms with Gasteiger partial charge in [0.05, 0.1) is 5.56 Å². The van der Waals surface area contributed by atoms with Crippen molar-refractivity contribution < 1.29 is 13.2 Å². The van der Waals surface area contributed by atoms with Crippen LogP contribution in [-0.2, 0) is 12.6 Å². The molecule has 0 spiro atoms. The van der Waals surface area contributed by atoms with Crippen molar-refractivity contribution in [3.05, 3.63) is 35.7 Å². The van der Waals surface area contributed by atoms with Crippen molar-refractivity contribution in [2.75, 3.05) is 5.73 Å². The van der Waals surface area contributed by atoms with Gasteiger partial charge in [-0.3, -0.25) is 0 Å². The first-order chi connectivity index (χ1) is 8.90. The lowest BCUT2D eigenvalue weighted by Gasteiger charge is -2.08. The Kier molecular flexibility index (Phi) is 3.37. The summed E-state index contributed by atoms with van der Waals surface area (Å²) in [6.07, 6.45) is -3.87. The number of alkyl halides is 3. The molecule has 0 unspecified atom stereocenters. The maximum Gasteiger partial charge on any atom is 0.416 e. The van der Waals surface area contributed by atoms with Gasteiger partial charge in [-0.05, 0) is 12.1 Å². The Morgan fingerprint density at radius 3 is 2.53 bits per heavy atom. The van der Waals surface area contributed by atoms with Crippen LogP contribution in [0.25, 0.3) is 11.4 Å². The van der Waals surface area contributed by atoms with Crippen LogP contribution in [0, 0.1) is 0 Å². The summed E-state index contributed by atoms with van der Waals surface area (Å²) in [4.78, 5) is 11.8. The molecule has 1 aromatic heterocycles. The molecule has 0 saturated heterocycles. The molecule has 0 aliphatic rings. The summed E-state index contributed by atoms with van der Waals surface area (Å²) >= 11 is 0. The van der Waals surface area contributed by atoms with E-state index in [9.17, 15) is 13.2 Å². The summed E-state index contributed by atoms with van der Waals surface area (Å²) in [5.41, 5.74) is 5.03. The Morgan fingerprint density at radius 2 is 1.89 bits per heavy atom. The average Bonchev–Trinajstić information content (AvgIpc) is 2.37. The zero-order valence-electron chi connectivity index (χ0n) is 10.1. The van der Waals surface area contributed by atoms with Crippen LogP contribution in [-0.4, -0.2) is 15.0 Å². The second kappa shape index (κ2) is 4.83. The summed E-state index contributed by atoms with van der Waals surface area (Å²) in [7, 11) is 0. The standard InChI is InChI=1S/C12H11F3N4/c1-2-9-17-10(19-11(16)18-9)7-4-3-5-8(6-7)12(13,14)15/h3-6H,2H2,1H3,(H2,16,17,18,19). The molecule has 0 aliphatic heterocycles. The Bertz CT molecular complexity index is 596. The molecule has 0 fully saturated rings. The summed E-state index contributed by atoms with van der Waals surface area (Å²) in [6.45, 7) is 1.82. The third-order valence-corrected chi connectivity index (χ3v) is 2.46. The van der Waals surface area contributed by atoms with Crippen LogP contribution in [0.15, 0.2) is 24.3 Å². The van der Waals surface area contributed by atoms with Crippen molar-refractivity contribution in [2.45, 2.75) is 19.5 Å². The predicted molar refractivity (Wildman–Crippen MR) is 64.1 cm³/mol. The minimum atomic E-state index is -4.40. The SMILES string of the molecule is CCc1nc(N)nc(-c2cccc(C(F)(F)F)c2)n1. The van der Waals surface area contributed by atoms with E-state index >= 15 is 0 Å². The maximum absolute atomic E-state index is 12.6. The molecule has 0 amide bonds. The van der Waals surface area contributed by atoms with Gasteiger partial charge in [0.2, 0.25) is 5.95 Å². The topological polar surface area (TPSA) is 64.7 Å². The second-order valence-electron chi connectivity index (χ2n) is 3.87. The predicted octanol–water partition coefficient (Wildman–Crippen LogP) is 2.70. The van der Waals surface area contributed by atoms with Gasteiger partial charge in [-0.1, -0.05) is 19.1 Å². The van der Waals surface area contributed by atoms with E-state index in [1.165, 1.54) is 12.1 Å². The number of aryl methyl sites for hydroxylation is 1. The first-order valence-corrected chi connectivity index (χ1v) is 5.58. The molecule has 1 heterocycles. The van der Waals surface area contributed by atoms with Crippen molar-refractivity contribution >= 4 is 5.95 Å². The van der Waals surface area contributed by atoms with E-state index < -0.39 is 11.7 Å². The normalized spacial score (nSPS) is 11.6. The van der Waals surface area contributed by atoms with E-state index in [2.05, 4.69) is 15.0 Å². The van der Waals surface area contributed by atoms with Gasteiger partial charge < -0.3 is 5.73 Å². The molecule has 100 valence electrons. The number of anilines is 1. The molecule has 19 heavy (non-hydrogen) atoms. The van der Waals surface area contributed by atoms with Gasteiger partial charge in [-0.15, -0.1) is 0 Å². The smallest absolute Gasteiger partial charge is 0.368 e. The van der Waals surface area contributed by atoms with Crippen LogP contribution in [0.2, 0.25) is 0 Å². The van der Waals surface area contributed by atoms with Crippen molar-refractivity contribution in [2.24, 2.45) is 0 Å². The zero-order valence-corrected chi connectivity index (χ0v) is 10.1. The minimum absolute atomic E-state index is 0.000684. The first-order valence-electron chi connectivity index (χ1n) is 5.58. The lowest BCUT2D eigenvalue weighted by Crippen LogP contribution is -2.06. The lowest BCUT2D eigenvalue weighted by molar-refractivity contribution is -0.137. The van der Waals surface area contributed by atoms with Crippen LogP contribution >= 0.6 is 0 Å². The minimum Gasteiger partial charge on any atom is -0.368 e. The largest absolute Gasteiger partial charge is 0.416 e. The number of nitrogens with two attached hydrogens (primary N) is 1. The Balaban J connectivity index is 2.50. The molecule has 0 radical (unpaired) electrons. The van der Waals surface area contributed by atoms with E-state index in [4.69, 9.17) is 5.73 Å². The fourth-order valence-electron chi connectivity index (χ4n) is 1.56. The van der Waals surface area contributed by atoms with Gasteiger partial charge in [-0.2, -0.15) is 23.1 Å². The van der Waals surface area contributed by atoms with Crippen molar-refractivity contribution in [3.8, 4) is 11.4 Å². The Hall–Kier alpha value is -2.18. The Labute approximate surface area is 107 Å². The lowest BCUT2D eigenvalue weighted by atomic mass is 10.1. The monoisotopic (exact) mass is 268 g/mol. The van der Waals surface area contributed by atoms with E-state index in [1.807, 2.05) is 6.92 Å². The number of halogens is 3. The molecular formula is C12H11F3N4. The highest BCUT2D eigenvalue weighted by Crippen LogP contribution is 2.31. The molecule has 7 heteroatoms. The number of hydrogen-bond donors (Lipinski definition) is 1. The average molecular weight is 268 g/mol. The van der Waals surface area contributed by atoms with Gasteiger partial charge >= 0.3 is 6.18 Å². The molecule has 2 N–H and O–H groups in total. The van der Waals surface area contributed by atoms with Crippen LogP contribution in [0.1, 0.15) is 18.3 Å². The quantitative estimate of drug-likeness (QED) is 0.909. The number of aromatic nitrogens is 3. The number of hydrogen-bond acceptors (Lipinski definition) is 4. The molecule has 0 aliphatic carbocycles. The molecular weight excluding hydrogens is 257 g/mol. The number of rotatable bonds is 2. The second-order valence-corrected chi connectivity index (χ2v) is 3.87. The fourth-order valence-corrected chi connectivity index (χ4v) is 1.56. The summed E-state index contributed by atoms with van der Waals surface area (Å²) in [6, 6.07) is 4.80. The highest BCUT2D eigenvalue weighted by atomic mass is 19.4. The fraction of sp³-hybridized carbons (Fsp3) is 0.250. The van der Waals surface area contributed by atoms with Crippen LogP contribution < -0.4 is 5.73 Å². The molecule has 0 bridgehead atoms. The van der Waals surface area contributed by atoms with Gasteiger partial charge in [0.1, 0.15) is 5.82 Å². The molecule has 0 atom stereocenters. The van der Waals surface area contributed by atoms with Crippen molar-refractivity contribution in [1.29, 1.82) is 0 Å². The third-order valence-electron chi connectivity index (χ3n) is 2.46. The number of nitrogens with zero attached hydrogens (tertiary/aromatic N) is 3.